The molecule has 0 aromatic heterocycles. The van der Waals surface area contributed by atoms with Gasteiger partial charge in [0.25, 0.3) is 0 Å². The van der Waals surface area contributed by atoms with Gasteiger partial charge in [-0.05, 0) is 42.9 Å². The number of ether oxygens (including phenoxy) is 1. The Balaban J connectivity index is 1.78. The van der Waals surface area contributed by atoms with Crippen LogP contribution in [0, 0.1) is 5.82 Å². The number of nitrogens with zero attached hydrogens (tertiary/aromatic N) is 1. The number of benzene rings is 2. The summed E-state index contributed by atoms with van der Waals surface area (Å²) in [4.78, 5) is 25.1. The van der Waals surface area contributed by atoms with E-state index in [9.17, 15) is 14.0 Å². The lowest BCUT2D eigenvalue weighted by Crippen LogP contribution is -2.36. The number of carbonyl (C=O) groups excluding carboxylic acids is 2. The molecule has 27 heavy (non-hydrogen) atoms. The average molecular weight is 373 g/mol. The Morgan fingerprint density at radius 3 is 2.26 bits per heavy atom. The van der Waals surface area contributed by atoms with E-state index in [4.69, 9.17) is 4.74 Å². The number of para-hydroxylation sites is 1. The molecule has 0 spiro atoms. The Morgan fingerprint density at radius 1 is 1.04 bits per heavy atom. The molecule has 0 bridgehead atoms. The Kier molecular flexibility index (Phi) is 7.76. The number of rotatable bonds is 9. The molecule has 0 radical (unpaired) electrons. The molecule has 2 aromatic rings. The largest absolute Gasteiger partial charge is 0.489 e. The van der Waals surface area contributed by atoms with E-state index in [0.717, 1.165) is 0 Å². The first-order valence-electron chi connectivity index (χ1n) is 8.75. The predicted molar refractivity (Wildman–Crippen MR) is 103 cm³/mol. The molecule has 0 unspecified atom stereocenters. The number of carbonyl (C=O) groups is 2. The van der Waals surface area contributed by atoms with Gasteiger partial charge in [-0.15, -0.1) is 0 Å². The smallest absolute Gasteiger partial charge is 0.238 e. The molecule has 2 amide bonds. The van der Waals surface area contributed by atoms with Gasteiger partial charge in [-0.1, -0.05) is 19.1 Å². The fourth-order valence-electron chi connectivity index (χ4n) is 2.44. The second-order valence-electron chi connectivity index (χ2n) is 5.95. The molecule has 2 rings (SSSR count). The number of likely N-dealkylation sites (N-methyl/N-ethyl adjacent to an activating group) is 1. The van der Waals surface area contributed by atoms with Crippen LogP contribution in [0.4, 0.5) is 15.8 Å². The third-order valence-corrected chi connectivity index (χ3v) is 3.81. The highest BCUT2D eigenvalue weighted by molar-refractivity contribution is 5.93. The summed E-state index contributed by atoms with van der Waals surface area (Å²) in [6.07, 6.45) is 0. The molecule has 0 aliphatic heterocycles. The molecule has 2 N–H and O–H groups in total. The van der Waals surface area contributed by atoms with Gasteiger partial charge >= 0.3 is 0 Å². The van der Waals surface area contributed by atoms with Crippen LogP contribution in [0.25, 0.3) is 0 Å². The van der Waals surface area contributed by atoms with Gasteiger partial charge in [-0.3, -0.25) is 14.5 Å². The zero-order chi connectivity index (χ0) is 19.6. The lowest BCUT2D eigenvalue weighted by Gasteiger charge is -2.20. The van der Waals surface area contributed by atoms with Crippen molar-refractivity contribution >= 4 is 23.2 Å². The van der Waals surface area contributed by atoms with Crippen molar-refractivity contribution < 1.29 is 18.7 Å². The monoisotopic (exact) mass is 373 g/mol. The zero-order valence-corrected chi connectivity index (χ0v) is 15.5. The fourth-order valence-corrected chi connectivity index (χ4v) is 2.44. The van der Waals surface area contributed by atoms with Crippen molar-refractivity contribution in [2.75, 3.05) is 36.9 Å². The highest BCUT2D eigenvalue weighted by Gasteiger charge is 2.10. The van der Waals surface area contributed by atoms with Gasteiger partial charge in [0.1, 0.15) is 6.61 Å². The van der Waals surface area contributed by atoms with Crippen molar-refractivity contribution in [1.29, 1.82) is 0 Å². The lowest BCUT2D eigenvalue weighted by atomic mass is 10.2. The summed E-state index contributed by atoms with van der Waals surface area (Å²) in [7, 11) is 0. The Hall–Kier alpha value is -2.93. The lowest BCUT2D eigenvalue weighted by molar-refractivity contribution is -0.117. The molecule has 0 fully saturated rings. The number of hydrogen-bond donors (Lipinski definition) is 2. The molecular formula is C20H24FN3O3. The number of nitrogens with one attached hydrogen (secondary N) is 2. The summed E-state index contributed by atoms with van der Waals surface area (Å²) in [6, 6.07) is 13.1. The second-order valence-corrected chi connectivity index (χ2v) is 5.95. The SMILES string of the molecule is CCN(CCOc1ccccc1F)CC(=O)Nc1ccc(NC(C)=O)cc1. The van der Waals surface area contributed by atoms with Gasteiger partial charge in [0.2, 0.25) is 11.8 Å². The minimum atomic E-state index is -0.402. The maximum Gasteiger partial charge on any atom is 0.238 e. The summed E-state index contributed by atoms with van der Waals surface area (Å²) in [5.74, 6) is -0.503. The maximum atomic E-state index is 13.5. The first-order valence-corrected chi connectivity index (χ1v) is 8.75. The summed E-state index contributed by atoms with van der Waals surface area (Å²) in [5.41, 5.74) is 1.31. The van der Waals surface area contributed by atoms with Crippen LogP contribution in [0.5, 0.6) is 5.75 Å². The molecule has 0 aliphatic carbocycles. The van der Waals surface area contributed by atoms with E-state index in [1.807, 2.05) is 11.8 Å². The first kappa shape index (κ1) is 20.4. The summed E-state index contributed by atoms with van der Waals surface area (Å²) < 4.78 is 19.0. The van der Waals surface area contributed by atoms with Gasteiger partial charge in [-0.25, -0.2) is 4.39 Å². The summed E-state index contributed by atoms with van der Waals surface area (Å²) >= 11 is 0. The fraction of sp³-hybridized carbons (Fsp3) is 0.300. The molecule has 0 heterocycles. The van der Waals surface area contributed by atoms with Crippen molar-refractivity contribution in [3.05, 3.63) is 54.3 Å². The minimum absolute atomic E-state index is 0.150. The van der Waals surface area contributed by atoms with Gasteiger partial charge in [0.15, 0.2) is 11.6 Å². The standard InChI is InChI=1S/C20H24FN3O3/c1-3-24(12-13-27-19-7-5-4-6-18(19)21)14-20(26)23-17-10-8-16(9-11-17)22-15(2)25/h4-11H,3,12-14H2,1-2H3,(H,22,25)(H,23,26). The third kappa shape index (κ3) is 7.07. The van der Waals surface area contributed by atoms with Crippen molar-refractivity contribution in [1.82, 2.24) is 4.90 Å². The maximum absolute atomic E-state index is 13.5. The van der Waals surface area contributed by atoms with E-state index in [0.29, 0.717) is 24.5 Å². The topological polar surface area (TPSA) is 70.7 Å². The second kappa shape index (κ2) is 10.3. The molecule has 2 aromatic carbocycles. The van der Waals surface area contributed by atoms with Gasteiger partial charge in [0.05, 0.1) is 6.54 Å². The van der Waals surface area contributed by atoms with E-state index in [1.54, 1.807) is 42.5 Å². The van der Waals surface area contributed by atoms with Gasteiger partial charge in [0, 0.05) is 24.8 Å². The Morgan fingerprint density at radius 2 is 1.67 bits per heavy atom. The van der Waals surface area contributed by atoms with Crippen molar-refractivity contribution in [2.45, 2.75) is 13.8 Å². The number of anilines is 2. The molecule has 7 heteroatoms. The zero-order valence-electron chi connectivity index (χ0n) is 15.5. The van der Waals surface area contributed by atoms with Crippen LogP contribution in [-0.4, -0.2) is 43.0 Å². The van der Waals surface area contributed by atoms with Gasteiger partial charge < -0.3 is 15.4 Å². The van der Waals surface area contributed by atoms with Crippen molar-refractivity contribution in [3.8, 4) is 5.75 Å². The number of hydrogen-bond acceptors (Lipinski definition) is 4. The molecule has 0 aliphatic rings. The van der Waals surface area contributed by atoms with E-state index in [-0.39, 0.29) is 30.7 Å². The quantitative estimate of drug-likeness (QED) is 0.709. The first-order chi connectivity index (χ1) is 13.0. The van der Waals surface area contributed by atoms with E-state index >= 15 is 0 Å². The highest BCUT2D eigenvalue weighted by atomic mass is 19.1. The summed E-state index contributed by atoms with van der Waals surface area (Å²) in [5, 5.41) is 5.48. The van der Waals surface area contributed by atoms with Crippen LogP contribution in [0.15, 0.2) is 48.5 Å². The number of amides is 2. The van der Waals surface area contributed by atoms with Crippen molar-refractivity contribution in [2.24, 2.45) is 0 Å². The van der Waals surface area contributed by atoms with Gasteiger partial charge in [-0.2, -0.15) is 0 Å². The Bertz CT molecular complexity index is 765. The van der Waals surface area contributed by atoms with Crippen LogP contribution in [-0.2, 0) is 9.59 Å². The van der Waals surface area contributed by atoms with E-state index in [1.165, 1.54) is 13.0 Å². The molecule has 144 valence electrons. The minimum Gasteiger partial charge on any atom is -0.489 e. The normalized spacial score (nSPS) is 10.5. The van der Waals surface area contributed by atoms with Crippen LogP contribution in [0.3, 0.4) is 0 Å². The molecule has 0 saturated carbocycles. The van der Waals surface area contributed by atoms with Crippen LogP contribution < -0.4 is 15.4 Å². The molecule has 0 saturated heterocycles. The molecule has 6 nitrogen and oxygen atoms in total. The Labute approximate surface area is 158 Å². The van der Waals surface area contributed by atoms with Crippen LogP contribution in [0.1, 0.15) is 13.8 Å². The molecular weight excluding hydrogens is 349 g/mol. The van der Waals surface area contributed by atoms with Crippen LogP contribution in [0.2, 0.25) is 0 Å². The van der Waals surface area contributed by atoms with Crippen LogP contribution >= 0.6 is 0 Å². The van der Waals surface area contributed by atoms with Crippen molar-refractivity contribution in [3.63, 3.8) is 0 Å². The highest BCUT2D eigenvalue weighted by Crippen LogP contribution is 2.15. The van der Waals surface area contributed by atoms with E-state index < -0.39 is 5.82 Å². The average Bonchev–Trinajstić information content (AvgIpc) is 2.63. The predicted octanol–water partition coefficient (Wildman–Crippen LogP) is 3.12. The molecule has 0 atom stereocenters. The third-order valence-electron chi connectivity index (χ3n) is 3.81. The number of halogens is 1. The van der Waals surface area contributed by atoms with E-state index in [2.05, 4.69) is 10.6 Å². The summed E-state index contributed by atoms with van der Waals surface area (Å²) in [6.45, 7) is 5.02.